The van der Waals surface area contributed by atoms with Crippen molar-refractivity contribution >= 4 is 28.4 Å². The summed E-state index contributed by atoms with van der Waals surface area (Å²) in [5.41, 5.74) is 3.37. The fourth-order valence-corrected chi connectivity index (χ4v) is 2.62. The average molecular weight is 283 g/mol. The second-order valence-electron chi connectivity index (χ2n) is 4.67. The minimum Gasteiger partial charge on any atom is -0.304 e. The second-order valence-corrected chi connectivity index (χ2v) is 5.11. The van der Waals surface area contributed by atoms with E-state index >= 15 is 0 Å². The molecule has 20 heavy (non-hydrogen) atoms. The Balaban J connectivity index is 1.92. The summed E-state index contributed by atoms with van der Waals surface area (Å²) >= 11 is 5.93. The van der Waals surface area contributed by atoms with Gasteiger partial charge in [0.2, 0.25) is 5.78 Å². The summed E-state index contributed by atoms with van der Waals surface area (Å²) in [6.45, 7) is 0.743. The smallest absolute Gasteiger partial charge is 0.233 e. The van der Waals surface area contributed by atoms with Crippen molar-refractivity contribution < 1.29 is 0 Å². The topological polar surface area (TPSA) is 35.1 Å². The summed E-state index contributed by atoms with van der Waals surface area (Å²) in [7, 11) is 0. The van der Waals surface area contributed by atoms with Crippen LogP contribution in [0.25, 0.3) is 16.8 Å². The molecule has 4 aromatic rings. The maximum Gasteiger partial charge on any atom is 0.233 e. The van der Waals surface area contributed by atoms with Gasteiger partial charge in [0.1, 0.15) is 6.33 Å². The molecule has 2 heterocycles. The van der Waals surface area contributed by atoms with Gasteiger partial charge in [-0.05, 0) is 29.8 Å². The fourth-order valence-electron chi connectivity index (χ4n) is 2.50. The molecule has 0 amide bonds. The molecule has 0 unspecified atom stereocenters. The monoisotopic (exact) mass is 282 g/mol. The minimum absolute atomic E-state index is 0.743. The molecular formula is C15H11ClN4. The van der Waals surface area contributed by atoms with Gasteiger partial charge in [0.15, 0.2) is 0 Å². The number of nitrogens with zero attached hydrogens (tertiary/aromatic N) is 4. The maximum absolute atomic E-state index is 5.93. The summed E-state index contributed by atoms with van der Waals surface area (Å²) in [6, 6.07) is 16.0. The van der Waals surface area contributed by atoms with E-state index in [2.05, 4.69) is 26.8 Å². The van der Waals surface area contributed by atoms with Crippen LogP contribution in [0.4, 0.5) is 0 Å². The van der Waals surface area contributed by atoms with E-state index in [1.54, 1.807) is 6.33 Å². The molecule has 0 bridgehead atoms. The highest BCUT2D eigenvalue weighted by atomic mass is 35.5. The zero-order chi connectivity index (χ0) is 13.5. The molecule has 0 atom stereocenters. The standard InChI is InChI=1S/C15H11ClN4/c16-12-7-5-11(6-8-12)9-19-13-3-1-2-4-14(13)20-15(19)17-10-18-20/h1-8,10H,9H2. The number of hydrogen-bond donors (Lipinski definition) is 0. The number of rotatable bonds is 2. The van der Waals surface area contributed by atoms with Crippen molar-refractivity contribution in [3.8, 4) is 0 Å². The quantitative estimate of drug-likeness (QED) is 0.565. The molecule has 2 aromatic carbocycles. The first kappa shape index (κ1) is 11.5. The predicted molar refractivity (Wildman–Crippen MR) is 79.0 cm³/mol. The van der Waals surface area contributed by atoms with Crippen molar-refractivity contribution in [3.05, 3.63) is 65.4 Å². The summed E-state index contributed by atoms with van der Waals surface area (Å²) in [5.74, 6) is 0.848. The zero-order valence-corrected chi connectivity index (χ0v) is 11.3. The van der Waals surface area contributed by atoms with Gasteiger partial charge in [0.25, 0.3) is 0 Å². The van der Waals surface area contributed by atoms with E-state index in [-0.39, 0.29) is 0 Å². The van der Waals surface area contributed by atoms with Gasteiger partial charge in [0.05, 0.1) is 17.6 Å². The lowest BCUT2D eigenvalue weighted by atomic mass is 10.2. The number of fused-ring (bicyclic) bond motifs is 3. The Bertz CT molecular complexity index is 889. The molecule has 4 rings (SSSR count). The third-order valence-electron chi connectivity index (χ3n) is 3.43. The Kier molecular flexibility index (Phi) is 2.50. The minimum atomic E-state index is 0.743. The van der Waals surface area contributed by atoms with Crippen LogP contribution < -0.4 is 0 Å². The number of aromatic nitrogens is 4. The lowest BCUT2D eigenvalue weighted by molar-refractivity contribution is 0.839. The Morgan fingerprint density at radius 1 is 0.950 bits per heavy atom. The van der Waals surface area contributed by atoms with Gasteiger partial charge in [-0.15, -0.1) is 0 Å². The Labute approximate surface area is 120 Å². The van der Waals surface area contributed by atoms with Crippen LogP contribution in [0.1, 0.15) is 5.56 Å². The van der Waals surface area contributed by atoms with E-state index in [4.69, 9.17) is 11.6 Å². The average Bonchev–Trinajstić information content (AvgIpc) is 3.05. The molecule has 98 valence electrons. The van der Waals surface area contributed by atoms with Crippen LogP contribution in [0.5, 0.6) is 0 Å². The van der Waals surface area contributed by atoms with Crippen LogP contribution in [0.15, 0.2) is 54.9 Å². The molecule has 0 radical (unpaired) electrons. The Hall–Kier alpha value is -2.33. The van der Waals surface area contributed by atoms with E-state index < -0.39 is 0 Å². The molecule has 0 fully saturated rings. The van der Waals surface area contributed by atoms with Crippen LogP contribution in [-0.2, 0) is 6.54 Å². The number of benzene rings is 2. The molecule has 0 aliphatic heterocycles. The fraction of sp³-hybridized carbons (Fsp3) is 0.0667. The van der Waals surface area contributed by atoms with E-state index in [0.717, 1.165) is 28.4 Å². The first-order valence-corrected chi connectivity index (χ1v) is 6.72. The van der Waals surface area contributed by atoms with Gasteiger partial charge in [-0.3, -0.25) is 0 Å². The molecule has 2 aromatic heterocycles. The SMILES string of the molecule is Clc1ccc(Cn2c3ccccc3n3ncnc23)cc1. The Morgan fingerprint density at radius 3 is 2.50 bits per heavy atom. The van der Waals surface area contributed by atoms with Crippen molar-refractivity contribution in [2.24, 2.45) is 0 Å². The summed E-state index contributed by atoms with van der Waals surface area (Å²) < 4.78 is 4.02. The third kappa shape index (κ3) is 1.69. The highest BCUT2D eigenvalue weighted by Gasteiger charge is 2.11. The van der Waals surface area contributed by atoms with Crippen LogP contribution in [0.3, 0.4) is 0 Å². The molecule has 4 nitrogen and oxygen atoms in total. The highest BCUT2D eigenvalue weighted by molar-refractivity contribution is 6.30. The first-order chi connectivity index (χ1) is 9.83. The molecule has 0 aliphatic carbocycles. The number of para-hydroxylation sites is 2. The molecule has 0 spiro atoms. The van der Waals surface area contributed by atoms with Gasteiger partial charge >= 0.3 is 0 Å². The molecule has 0 N–H and O–H groups in total. The zero-order valence-electron chi connectivity index (χ0n) is 10.6. The van der Waals surface area contributed by atoms with Crippen molar-refractivity contribution in [2.45, 2.75) is 6.54 Å². The van der Waals surface area contributed by atoms with Crippen LogP contribution in [0.2, 0.25) is 5.02 Å². The Morgan fingerprint density at radius 2 is 1.70 bits per heavy atom. The summed E-state index contributed by atoms with van der Waals surface area (Å²) in [5, 5.41) is 5.04. The van der Waals surface area contributed by atoms with Crippen LogP contribution in [-0.4, -0.2) is 19.2 Å². The van der Waals surface area contributed by atoms with Gasteiger partial charge < -0.3 is 4.57 Å². The summed E-state index contributed by atoms with van der Waals surface area (Å²) in [4.78, 5) is 4.36. The summed E-state index contributed by atoms with van der Waals surface area (Å²) in [6.07, 6.45) is 1.58. The second kappa shape index (κ2) is 4.35. The number of imidazole rings is 1. The van der Waals surface area contributed by atoms with E-state index in [9.17, 15) is 0 Å². The van der Waals surface area contributed by atoms with Crippen molar-refractivity contribution in [2.75, 3.05) is 0 Å². The number of hydrogen-bond acceptors (Lipinski definition) is 2. The van der Waals surface area contributed by atoms with Crippen molar-refractivity contribution in [3.63, 3.8) is 0 Å². The van der Waals surface area contributed by atoms with E-state index in [1.807, 2.05) is 40.9 Å². The van der Waals surface area contributed by atoms with Crippen molar-refractivity contribution in [1.29, 1.82) is 0 Å². The largest absolute Gasteiger partial charge is 0.304 e. The molecule has 0 saturated heterocycles. The van der Waals surface area contributed by atoms with Crippen LogP contribution in [0, 0.1) is 0 Å². The van der Waals surface area contributed by atoms with Crippen molar-refractivity contribution in [1.82, 2.24) is 19.2 Å². The molecule has 5 heteroatoms. The normalized spacial score (nSPS) is 11.4. The van der Waals surface area contributed by atoms with E-state index in [0.29, 0.717) is 0 Å². The van der Waals surface area contributed by atoms with Gasteiger partial charge in [0, 0.05) is 5.02 Å². The van der Waals surface area contributed by atoms with Crippen LogP contribution >= 0.6 is 11.6 Å². The van der Waals surface area contributed by atoms with Gasteiger partial charge in [-0.1, -0.05) is 35.9 Å². The van der Waals surface area contributed by atoms with E-state index in [1.165, 1.54) is 5.56 Å². The lowest BCUT2D eigenvalue weighted by Crippen LogP contribution is -2.00. The first-order valence-electron chi connectivity index (χ1n) is 6.34. The van der Waals surface area contributed by atoms with Gasteiger partial charge in [-0.2, -0.15) is 14.6 Å². The predicted octanol–water partition coefficient (Wildman–Crippen LogP) is 3.39. The number of halogens is 1. The lowest BCUT2D eigenvalue weighted by Gasteiger charge is -2.05. The third-order valence-corrected chi connectivity index (χ3v) is 3.68. The molecule has 0 aliphatic rings. The van der Waals surface area contributed by atoms with Gasteiger partial charge in [-0.25, -0.2) is 0 Å². The highest BCUT2D eigenvalue weighted by Crippen LogP contribution is 2.20. The molecular weight excluding hydrogens is 272 g/mol. The maximum atomic E-state index is 5.93. The molecule has 0 saturated carbocycles.